The van der Waals surface area contributed by atoms with Crippen molar-refractivity contribution in [3.05, 3.63) is 71.2 Å². The van der Waals surface area contributed by atoms with Gasteiger partial charge in [0.25, 0.3) is 0 Å². The van der Waals surface area contributed by atoms with Crippen molar-refractivity contribution in [2.75, 3.05) is 20.8 Å². The maximum Gasteiger partial charge on any atom is 0.357 e. The molecule has 3 aromatic rings. The Morgan fingerprint density at radius 3 is 2.47 bits per heavy atom. The molecule has 0 bridgehead atoms. The van der Waals surface area contributed by atoms with E-state index in [2.05, 4.69) is 16.9 Å². The van der Waals surface area contributed by atoms with Crippen molar-refractivity contribution in [2.24, 2.45) is 0 Å². The van der Waals surface area contributed by atoms with Crippen LogP contribution in [0, 0.1) is 5.82 Å². The lowest BCUT2D eigenvalue weighted by Crippen LogP contribution is -2.36. The van der Waals surface area contributed by atoms with E-state index in [9.17, 15) is 14.0 Å². The zero-order valence-corrected chi connectivity index (χ0v) is 19.6. The summed E-state index contributed by atoms with van der Waals surface area (Å²) in [5.41, 5.74) is 2.02. The molecule has 0 spiro atoms. The molecular formula is C26H28FN3O4. The fraction of sp³-hybridized carbons (Fsp3) is 0.346. The van der Waals surface area contributed by atoms with Crippen molar-refractivity contribution in [3.8, 4) is 16.9 Å². The van der Waals surface area contributed by atoms with E-state index in [1.165, 1.54) is 37.5 Å². The van der Waals surface area contributed by atoms with Gasteiger partial charge in [0.05, 0.1) is 19.9 Å². The lowest BCUT2D eigenvalue weighted by molar-refractivity contribution is 0.0549. The van der Waals surface area contributed by atoms with Gasteiger partial charge in [0.1, 0.15) is 17.1 Å². The lowest BCUT2D eigenvalue weighted by Gasteiger charge is -2.33. The van der Waals surface area contributed by atoms with Gasteiger partial charge in [-0.05, 0) is 62.2 Å². The molecule has 1 aliphatic rings. The quantitative estimate of drug-likeness (QED) is 0.495. The van der Waals surface area contributed by atoms with Crippen molar-refractivity contribution in [1.82, 2.24) is 14.7 Å². The first-order chi connectivity index (χ1) is 16.4. The predicted octanol–water partition coefficient (Wildman–Crippen LogP) is 4.63. The minimum Gasteiger partial charge on any atom is -0.465 e. The number of likely N-dealkylation sites (tertiary alicyclic amines) is 1. The number of para-hydroxylation sites is 1. The highest BCUT2D eigenvalue weighted by Crippen LogP contribution is 2.33. The SMILES string of the molecule is COC(=O)c1c(-c2ccc(F)cc2CN2CCCCC2C)nn(-c2ccccc2)c1C(=O)OC. The van der Waals surface area contributed by atoms with Crippen LogP contribution in [0.1, 0.15) is 52.6 Å². The highest BCUT2D eigenvalue weighted by Gasteiger charge is 2.32. The summed E-state index contributed by atoms with van der Waals surface area (Å²) in [7, 11) is 2.49. The first-order valence-corrected chi connectivity index (χ1v) is 11.3. The van der Waals surface area contributed by atoms with Crippen LogP contribution in [-0.2, 0) is 16.0 Å². The summed E-state index contributed by atoms with van der Waals surface area (Å²) in [4.78, 5) is 28.1. The van der Waals surface area contributed by atoms with Crippen molar-refractivity contribution in [3.63, 3.8) is 0 Å². The Morgan fingerprint density at radius 1 is 1.06 bits per heavy atom. The predicted molar refractivity (Wildman–Crippen MR) is 125 cm³/mol. The average Bonchev–Trinajstić information content (AvgIpc) is 3.25. The largest absolute Gasteiger partial charge is 0.465 e. The molecule has 1 aliphatic heterocycles. The zero-order chi connectivity index (χ0) is 24.2. The molecule has 0 radical (unpaired) electrons. The van der Waals surface area contributed by atoms with Crippen LogP contribution in [0.2, 0.25) is 0 Å². The smallest absolute Gasteiger partial charge is 0.357 e. The van der Waals surface area contributed by atoms with E-state index in [-0.39, 0.29) is 22.8 Å². The Bertz CT molecular complexity index is 1190. The molecule has 0 N–H and O–H groups in total. The van der Waals surface area contributed by atoms with E-state index in [0.717, 1.165) is 19.4 Å². The van der Waals surface area contributed by atoms with Crippen LogP contribution < -0.4 is 0 Å². The van der Waals surface area contributed by atoms with Crippen LogP contribution in [0.15, 0.2) is 48.5 Å². The number of carbonyl (C=O) groups is 2. The monoisotopic (exact) mass is 465 g/mol. The number of hydrogen-bond donors (Lipinski definition) is 0. The molecule has 1 aromatic heterocycles. The number of rotatable bonds is 6. The molecule has 1 atom stereocenters. The van der Waals surface area contributed by atoms with Crippen LogP contribution >= 0.6 is 0 Å². The van der Waals surface area contributed by atoms with Gasteiger partial charge in [-0.2, -0.15) is 5.10 Å². The van der Waals surface area contributed by atoms with Gasteiger partial charge in [-0.15, -0.1) is 0 Å². The maximum atomic E-state index is 14.4. The molecule has 4 rings (SSSR count). The lowest BCUT2D eigenvalue weighted by atomic mass is 9.97. The molecule has 1 unspecified atom stereocenters. The zero-order valence-electron chi connectivity index (χ0n) is 19.6. The Morgan fingerprint density at radius 2 is 1.79 bits per heavy atom. The third kappa shape index (κ3) is 4.59. The van der Waals surface area contributed by atoms with Crippen molar-refractivity contribution in [1.29, 1.82) is 0 Å². The molecule has 2 aromatic carbocycles. The van der Waals surface area contributed by atoms with Crippen molar-refractivity contribution < 1.29 is 23.5 Å². The molecule has 0 saturated carbocycles. The minimum atomic E-state index is -0.726. The van der Waals surface area contributed by atoms with Crippen LogP contribution in [0.4, 0.5) is 4.39 Å². The Hall–Kier alpha value is -3.52. The van der Waals surface area contributed by atoms with E-state index >= 15 is 0 Å². The number of ether oxygens (including phenoxy) is 2. The van der Waals surface area contributed by atoms with Gasteiger partial charge in [0.2, 0.25) is 0 Å². The highest BCUT2D eigenvalue weighted by molar-refractivity contribution is 6.07. The molecular weight excluding hydrogens is 437 g/mol. The van der Waals surface area contributed by atoms with Gasteiger partial charge in [0, 0.05) is 18.2 Å². The van der Waals surface area contributed by atoms with Gasteiger partial charge in [-0.3, -0.25) is 4.90 Å². The first kappa shape index (κ1) is 23.6. The first-order valence-electron chi connectivity index (χ1n) is 11.3. The van der Waals surface area contributed by atoms with Crippen LogP contribution in [0.5, 0.6) is 0 Å². The number of benzene rings is 2. The van der Waals surface area contributed by atoms with E-state index in [1.54, 1.807) is 30.3 Å². The van der Waals surface area contributed by atoms with E-state index in [4.69, 9.17) is 9.47 Å². The molecule has 1 saturated heterocycles. The summed E-state index contributed by atoms with van der Waals surface area (Å²) in [6, 6.07) is 13.7. The summed E-state index contributed by atoms with van der Waals surface area (Å²) in [6.07, 6.45) is 3.33. The fourth-order valence-corrected chi connectivity index (χ4v) is 4.48. The van der Waals surface area contributed by atoms with Crippen molar-refractivity contribution in [2.45, 2.75) is 38.8 Å². The molecule has 178 valence electrons. The molecule has 2 heterocycles. The van der Waals surface area contributed by atoms with Gasteiger partial charge in [0.15, 0.2) is 5.69 Å². The Kier molecular flexibility index (Phi) is 7.07. The molecule has 0 amide bonds. The summed E-state index contributed by atoms with van der Waals surface area (Å²) in [5.74, 6) is -1.82. The fourth-order valence-electron chi connectivity index (χ4n) is 4.48. The highest BCUT2D eigenvalue weighted by atomic mass is 19.1. The molecule has 0 aliphatic carbocycles. The topological polar surface area (TPSA) is 73.7 Å². The molecule has 34 heavy (non-hydrogen) atoms. The summed E-state index contributed by atoms with van der Waals surface area (Å²) < 4.78 is 25.8. The molecule has 1 fully saturated rings. The minimum absolute atomic E-state index is 0.0160. The number of methoxy groups -OCH3 is 2. The number of carbonyl (C=O) groups excluding carboxylic acids is 2. The average molecular weight is 466 g/mol. The number of aromatic nitrogens is 2. The van der Waals surface area contributed by atoms with Crippen LogP contribution in [-0.4, -0.2) is 53.4 Å². The number of hydrogen-bond acceptors (Lipinski definition) is 6. The second-order valence-electron chi connectivity index (χ2n) is 8.42. The third-order valence-corrected chi connectivity index (χ3v) is 6.29. The Labute approximate surface area is 198 Å². The van der Waals surface area contributed by atoms with Gasteiger partial charge >= 0.3 is 11.9 Å². The normalized spacial score (nSPS) is 16.3. The number of halogens is 1. The van der Waals surface area contributed by atoms with Gasteiger partial charge in [-0.25, -0.2) is 18.7 Å². The van der Waals surface area contributed by atoms with E-state index in [1.807, 2.05) is 6.07 Å². The molecule has 8 heteroatoms. The Balaban J connectivity index is 1.93. The second kappa shape index (κ2) is 10.2. The summed E-state index contributed by atoms with van der Waals surface area (Å²) in [6.45, 7) is 3.57. The van der Waals surface area contributed by atoms with Crippen molar-refractivity contribution >= 4 is 11.9 Å². The standard InChI is InChI=1S/C26H28FN3O4/c1-17-9-7-8-14-29(17)16-18-15-19(27)12-13-21(18)23-22(25(31)33-2)24(26(32)34-3)30(28-23)20-10-5-4-6-11-20/h4-6,10-13,15,17H,7-9,14,16H2,1-3H3. The number of esters is 2. The third-order valence-electron chi connectivity index (χ3n) is 6.29. The van der Waals surface area contributed by atoms with Crippen LogP contribution in [0.3, 0.4) is 0 Å². The number of piperidine rings is 1. The molecule has 7 nitrogen and oxygen atoms in total. The van der Waals surface area contributed by atoms with Crippen LogP contribution in [0.25, 0.3) is 16.9 Å². The summed E-state index contributed by atoms with van der Waals surface area (Å²) in [5, 5.41) is 4.67. The maximum absolute atomic E-state index is 14.4. The van der Waals surface area contributed by atoms with Gasteiger partial charge < -0.3 is 9.47 Å². The van der Waals surface area contributed by atoms with E-state index < -0.39 is 11.9 Å². The second-order valence-corrected chi connectivity index (χ2v) is 8.42. The van der Waals surface area contributed by atoms with Gasteiger partial charge in [-0.1, -0.05) is 24.6 Å². The summed E-state index contributed by atoms with van der Waals surface area (Å²) >= 11 is 0. The van der Waals surface area contributed by atoms with E-state index in [0.29, 0.717) is 29.4 Å². The number of nitrogens with zero attached hydrogens (tertiary/aromatic N) is 3.